The zero-order valence-electron chi connectivity index (χ0n) is 10.2. The molecule has 0 spiro atoms. The zero-order chi connectivity index (χ0) is 12.1. The topological polar surface area (TPSA) is 44.4 Å². The highest BCUT2D eigenvalue weighted by molar-refractivity contribution is 5.94. The molecule has 4 heteroatoms. The van der Waals surface area contributed by atoms with Gasteiger partial charge in [-0.1, -0.05) is 19.4 Å². The third kappa shape index (κ3) is 2.90. The first-order valence-corrected chi connectivity index (χ1v) is 6.20. The van der Waals surface area contributed by atoms with E-state index in [2.05, 4.69) is 17.6 Å². The van der Waals surface area contributed by atoms with Crippen molar-refractivity contribution in [3.05, 3.63) is 24.3 Å². The predicted molar refractivity (Wildman–Crippen MR) is 70.6 cm³/mol. The van der Waals surface area contributed by atoms with E-state index in [-0.39, 0.29) is 6.03 Å². The molecule has 1 aromatic rings. The number of carbonyl (C=O) groups excluding carboxylic acids is 1. The van der Waals surface area contributed by atoms with Crippen LogP contribution in [-0.2, 0) is 0 Å². The van der Waals surface area contributed by atoms with E-state index in [1.807, 2.05) is 24.3 Å². The van der Waals surface area contributed by atoms with Gasteiger partial charge in [0.15, 0.2) is 0 Å². The largest absolute Gasteiger partial charge is 0.385 e. The predicted octanol–water partition coefficient (Wildman–Crippen LogP) is 2.43. The number of carbonyl (C=O) groups is 1. The van der Waals surface area contributed by atoms with Crippen LogP contribution >= 0.6 is 0 Å². The maximum absolute atomic E-state index is 11.5. The van der Waals surface area contributed by atoms with Crippen LogP contribution in [0.4, 0.5) is 16.2 Å². The number of anilines is 2. The van der Waals surface area contributed by atoms with E-state index in [0.717, 1.165) is 37.4 Å². The van der Waals surface area contributed by atoms with Crippen LogP contribution in [0.2, 0.25) is 0 Å². The van der Waals surface area contributed by atoms with Gasteiger partial charge in [0.2, 0.25) is 0 Å². The highest BCUT2D eigenvalue weighted by Crippen LogP contribution is 2.20. The summed E-state index contributed by atoms with van der Waals surface area (Å²) in [6.45, 7) is 4.63. The lowest BCUT2D eigenvalue weighted by Gasteiger charge is -2.15. The Bertz CT molecular complexity index is 392. The number of unbranched alkanes of at least 4 members (excludes halogenated alkanes) is 1. The van der Waals surface area contributed by atoms with Crippen molar-refractivity contribution in [3.8, 4) is 0 Å². The van der Waals surface area contributed by atoms with Gasteiger partial charge in [-0.15, -0.1) is 0 Å². The number of nitrogens with zero attached hydrogens (tertiary/aromatic N) is 1. The Balaban J connectivity index is 2.03. The third-order valence-electron chi connectivity index (χ3n) is 2.87. The fourth-order valence-electron chi connectivity index (χ4n) is 1.91. The Labute approximate surface area is 102 Å². The number of nitrogens with one attached hydrogen (secondary N) is 2. The summed E-state index contributed by atoms with van der Waals surface area (Å²) in [5, 5.41) is 6.17. The van der Waals surface area contributed by atoms with Crippen molar-refractivity contribution >= 4 is 17.4 Å². The molecule has 1 aliphatic heterocycles. The Kier molecular flexibility index (Phi) is 3.85. The van der Waals surface area contributed by atoms with Crippen LogP contribution in [0, 0.1) is 0 Å². The second-order valence-electron chi connectivity index (χ2n) is 4.21. The van der Waals surface area contributed by atoms with E-state index in [1.165, 1.54) is 6.42 Å². The van der Waals surface area contributed by atoms with Gasteiger partial charge in [-0.05, 0) is 24.6 Å². The minimum absolute atomic E-state index is 0.00397. The summed E-state index contributed by atoms with van der Waals surface area (Å²) in [5.74, 6) is 0. The van der Waals surface area contributed by atoms with Crippen molar-refractivity contribution < 1.29 is 4.79 Å². The van der Waals surface area contributed by atoms with E-state index in [9.17, 15) is 4.79 Å². The lowest BCUT2D eigenvalue weighted by molar-refractivity contribution is 0.252. The lowest BCUT2D eigenvalue weighted by atomic mass is 10.2. The molecular weight excluding hydrogens is 214 g/mol. The fourth-order valence-corrected chi connectivity index (χ4v) is 1.91. The fraction of sp³-hybridized carbons (Fsp3) is 0.462. The van der Waals surface area contributed by atoms with Crippen molar-refractivity contribution in [1.29, 1.82) is 0 Å². The minimum atomic E-state index is -0.00397. The molecule has 2 rings (SSSR count). The van der Waals surface area contributed by atoms with Crippen molar-refractivity contribution in [3.63, 3.8) is 0 Å². The quantitative estimate of drug-likeness (QED) is 0.767. The molecule has 0 unspecified atom stereocenters. The molecule has 1 saturated heterocycles. The van der Waals surface area contributed by atoms with Crippen LogP contribution < -0.4 is 15.5 Å². The van der Waals surface area contributed by atoms with Crippen LogP contribution in [0.5, 0.6) is 0 Å². The van der Waals surface area contributed by atoms with Crippen molar-refractivity contribution in [2.24, 2.45) is 0 Å². The molecule has 92 valence electrons. The number of hydrogen-bond acceptors (Lipinski definition) is 2. The van der Waals surface area contributed by atoms with E-state index in [1.54, 1.807) is 4.90 Å². The Morgan fingerprint density at radius 2 is 2.35 bits per heavy atom. The molecule has 1 fully saturated rings. The van der Waals surface area contributed by atoms with Gasteiger partial charge < -0.3 is 10.6 Å². The molecule has 2 N–H and O–H groups in total. The molecular formula is C13H19N3O. The van der Waals surface area contributed by atoms with Gasteiger partial charge in [-0.3, -0.25) is 4.90 Å². The Morgan fingerprint density at radius 1 is 1.47 bits per heavy atom. The molecule has 0 radical (unpaired) electrons. The Hall–Kier alpha value is -1.71. The molecule has 0 aromatic heterocycles. The van der Waals surface area contributed by atoms with Crippen molar-refractivity contribution in [2.45, 2.75) is 19.8 Å². The Morgan fingerprint density at radius 3 is 3.06 bits per heavy atom. The highest BCUT2D eigenvalue weighted by Gasteiger charge is 2.20. The van der Waals surface area contributed by atoms with Crippen LogP contribution in [0.15, 0.2) is 24.3 Å². The first-order chi connectivity index (χ1) is 8.31. The van der Waals surface area contributed by atoms with Gasteiger partial charge in [0.25, 0.3) is 0 Å². The second-order valence-corrected chi connectivity index (χ2v) is 4.21. The maximum Gasteiger partial charge on any atom is 0.321 e. The summed E-state index contributed by atoms with van der Waals surface area (Å²) in [5.41, 5.74) is 2.04. The monoisotopic (exact) mass is 233 g/mol. The average Bonchev–Trinajstić information content (AvgIpc) is 2.76. The molecule has 4 nitrogen and oxygen atoms in total. The maximum atomic E-state index is 11.5. The average molecular weight is 233 g/mol. The molecule has 0 atom stereocenters. The normalized spacial score (nSPS) is 14.9. The first-order valence-electron chi connectivity index (χ1n) is 6.20. The van der Waals surface area contributed by atoms with E-state index in [4.69, 9.17) is 0 Å². The SMILES string of the molecule is CCCCNc1cccc(N2CCNC2=O)c1. The van der Waals surface area contributed by atoms with Crippen molar-refractivity contribution in [1.82, 2.24) is 5.32 Å². The molecule has 1 heterocycles. The van der Waals surface area contributed by atoms with Gasteiger partial charge in [0, 0.05) is 31.0 Å². The third-order valence-corrected chi connectivity index (χ3v) is 2.87. The molecule has 17 heavy (non-hydrogen) atoms. The van der Waals surface area contributed by atoms with Crippen LogP contribution in [0.1, 0.15) is 19.8 Å². The summed E-state index contributed by atoms with van der Waals surface area (Å²) < 4.78 is 0. The molecule has 1 aliphatic rings. The smallest absolute Gasteiger partial charge is 0.321 e. The number of amides is 2. The number of hydrogen-bond donors (Lipinski definition) is 2. The summed E-state index contributed by atoms with van der Waals surface area (Å²) in [4.78, 5) is 13.3. The standard InChI is InChI=1S/C13H19N3O/c1-2-3-7-14-11-5-4-6-12(10-11)16-9-8-15-13(16)17/h4-6,10,14H,2-3,7-9H2,1H3,(H,15,17). The molecule has 0 aliphatic carbocycles. The van der Waals surface area contributed by atoms with Crippen LogP contribution in [-0.4, -0.2) is 25.7 Å². The number of rotatable bonds is 5. The van der Waals surface area contributed by atoms with Gasteiger partial charge in [0.05, 0.1) is 0 Å². The first kappa shape index (κ1) is 11.8. The molecule has 0 bridgehead atoms. The molecule has 0 saturated carbocycles. The lowest BCUT2D eigenvalue weighted by Crippen LogP contribution is -2.27. The summed E-state index contributed by atoms with van der Waals surface area (Å²) in [6, 6.07) is 8.01. The van der Waals surface area contributed by atoms with E-state index >= 15 is 0 Å². The number of urea groups is 1. The highest BCUT2D eigenvalue weighted by atomic mass is 16.2. The van der Waals surface area contributed by atoms with Gasteiger partial charge in [-0.2, -0.15) is 0 Å². The minimum Gasteiger partial charge on any atom is -0.385 e. The summed E-state index contributed by atoms with van der Waals surface area (Å²) in [6.07, 6.45) is 2.34. The summed E-state index contributed by atoms with van der Waals surface area (Å²) >= 11 is 0. The van der Waals surface area contributed by atoms with Crippen LogP contribution in [0.3, 0.4) is 0 Å². The van der Waals surface area contributed by atoms with Crippen molar-refractivity contribution in [2.75, 3.05) is 29.9 Å². The molecule has 2 amide bonds. The molecule has 1 aromatic carbocycles. The van der Waals surface area contributed by atoms with Gasteiger partial charge in [-0.25, -0.2) is 4.79 Å². The van der Waals surface area contributed by atoms with E-state index in [0.29, 0.717) is 0 Å². The zero-order valence-corrected chi connectivity index (χ0v) is 10.2. The van der Waals surface area contributed by atoms with E-state index < -0.39 is 0 Å². The number of benzene rings is 1. The summed E-state index contributed by atoms with van der Waals surface area (Å²) in [7, 11) is 0. The van der Waals surface area contributed by atoms with Gasteiger partial charge >= 0.3 is 6.03 Å². The second kappa shape index (κ2) is 5.57. The van der Waals surface area contributed by atoms with Crippen LogP contribution in [0.25, 0.3) is 0 Å². The van der Waals surface area contributed by atoms with Gasteiger partial charge in [0.1, 0.15) is 0 Å².